The Kier molecular flexibility index (Phi) is 13.8. The van der Waals surface area contributed by atoms with Crippen molar-refractivity contribution in [2.75, 3.05) is 13.2 Å². The molecule has 0 aromatic heterocycles. The fourth-order valence-corrected chi connectivity index (χ4v) is 2.91. The van der Waals surface area contributed by atoms with Crippen LogP contribution in [0.5, 0.6) is 0 Å². The minimum absolute atomic E-state index is 0.0898. The number of allylic oxidation sites excluding steroid dienone is 1. The molecule has 0 aliphatic heterocycles. The van der Waals surface area contributed by atoms with E-state index in [0.717, 1.165) is 31.2 Å². The maximum absolute atomic E-state index is 12.5. The molecule has 0 heterocycles. The molecular formula is C24H35NO4. The van der Waals surface area contributed by atoms with E-state index in [-0.39, 0.29) is 6.61 Å². The number of esters is 1. The van der Waals surface area contributed by atoms with E-state index in [9.17, 15) is 9.59 Å². The third-order valence-electron chi connectivity index (χ3n) is 4.49. The lowest BCUT2D eigenvalue weighted by molar-refractivity contribution is -0.146. The number of ether oxygens (including phenoxy) is 2. The Morgan fingerprint density at radius 1 is 0.897 bits per heavy atom. The first-order chi connectivity index (χ1) is 14.2. The predicted molar refractivity (Wildman–Crippen MR) is 117 cm³/mol. The molecule has 1 amide bonds. The van der Waals surface area contributed by atoms with Crippen molar-refractivity contribution in [2.24, 2.45) is 0 Å². The zero-order chi connectivity index (χ0) is 21.2. The van der Waals surface area contributed by atoms with Crippen molar-refractivity contribution in [1.29, 1.82) is 0 Å². The monoisotopic (exact) mass is 401 g/mol. The summed E-state index contributed by atoms with van der Waals surface area (Å²) in [6, 6.07) is 8.73. The fourth-order valence-electron chi connectivity index (χ4n) is 2.91. The fraction of sp³-hybridized carbons (Fsp3) is 0.500. The number of carbonyl (C=O) groups excluding carboxylic acids is 2. The van der Waals surface area contributed by atoms with Gasteiger partial charge in [0.2, 0.25) is 0 Å². The molecule has 0 aliphatic rings. The minimum atomic E-state index is -0.778. The van der Waals surface area contributed by atoms with Crippen LogP contribution in [0.15, 0.2) is 55.6 Å². The summed E-state index contributed by atoms with van der Waals surface area (Å²) >= 11 is 0. The van der Waals surface area contributed by atoms with Crippen LogP contribution in [-0.2, 0) is 20.7 Å². The molecule has 5 nitrogen and oxygen atoms in total. The molecule has 0 saturated heterocycles. The highest BCUT2D eigenvalue weighted by Crippen LogP contribution is 2.10. The van der Waals surface area contributed by atoms with E-state index in [0.29, 0.717) is 13.0 Å². The van der Waals surface area contributed by atoms with Gasteiger partial charge in [0.15, 0.2) is 0 Å². The third-order valence-corrected chi connectivity index (χ3v) is 4.49. The van der Waals surface area contributed by atoms with Gasteiger partial charge in [-0.3, -0.25) is 0 Å². The summed E-state index contributed by atoms with van der Waals surface area (Å²) in [5, 5.41) is 2.60. The molecule has 0 radical (unpaired) electrons. The molecule has 0 saturated carbocycles. The van der Waals surface area contributed by atoms with Crippen molar-refractivity contribution in [3.63, 3.8) is 0 Å². The molecule has 1 aromatic rings. The predicted octanol–water partition coefficient (Wildman–Crippen LogP) is 5.36. The van der Waals surface area contributed by atoms with Crippen LogP contribution < -0.4 is 5.32 Å². The lowest BCUT2D eigenvalue weighted by Crippen LogP contribution is -2.43. The van der Waals surface area contributed by atoms with Crippen LogP contribution >= 0.6 is 0 Å². The first kappa shape index (κ1) is 24.5. The van der Waals surface area contributed by atoms with Crippen LogP contribution in [0.2, 0.25) is 0 Å². The Bertz CT molecular complexity index is 600. The average Bonchev–Trinajstić information content (AvgIpc) is 2.73. The first-order valence-corrected chi connectivity index (χ1v) is 10.5. The Balaban J connectivity index is 2.33. The standard InChI is InChI=1S/C24H35NO4/c1-3-5-6-7-8-9-10-11-15-19-28-23(26)22(25-24(27)29-18-4-2)20-21-16-13-12-14-17-21/h3-4,12-14,16-17,22H,1-2,5-11,15,18-20H2,(H,25,27). The second kappa shape index (κ2) is 16.4. The first-order valence-electron chi connectivity index (χ1n) is 10.5. The maximum atomic E-state index is 12.5. The van der Waals surface area contributed by atoms with E-state index in [1.807, 2.05) is 36.4 Å². The summed E-state index contributed by atoms with van der Waals surface area (Å²) in [6.07, 6.45) is 12.2. The summed E-state index contributed by atoms with van der Waals surface area (Å²) in [5.74, 6) is -0.436. The van der Waals surface area contributed by atoms with Gasteiger partial charge in [-0.1, -0.05) is 81.2 Å². The van der Waals surface area contributed by atoms with Crippen molar-refractivity contribution >= 4 is 12.1 Å². The highest BCUT2D eigenvalue weighted by atomic mass is 16.6. The Morgan fingerprint density at radius 2 is 1.55 bits per heavy atom. The molecule has 1 aromatic carbocycles. The van der Waals surface area contributed by atoms with Gasteiger partial charge in [0.05, 0.1) is 6.61 Å². The van der Waals surface area contributed by atoms with Gasteiger partial charge in [-0.25, -0.2) is 9.59 Å². The van der Waals surface area contributed by atoms with Gasteiger partial charge in [-0.2, -0.15) is 0 Å². The highest BCUT2D eigenvalue weighted by molar-refractivity contribution is 5.81. The summed E-state index contributed by atoms with van der Waals surface area (Å²) in [5.41, 5.74) is 0.940. The molecule has 1 unspecified atom stereocenters. The number of amides is 1. The summed E-state index contributed by atoms with van der Waals surface area (Å²) < 4.78 is 10.3. The van der Waals surface area contributed by atoms with Gasteiger partial charge in [0, 0.05) is 6.42 Å². The normalized spacial score (nSPS) is 11.3. The quantitative estimate of drug-likeness (QED) is 0.230. The number of hydrogen-bond donors (Lipinski definition) is 1. The number of unbranched alkanes of at least 4 members (excludes halogenated alkanes) is 7. The largest absolute Gasteiger partial charge is 0.464 e. The number of alkyl carbamates (subject to hydrolysis) is 1. The van der Waals surface area contributed by atoms with E-state index in [2.05, 4.69) is 18.5 Å². The van der Waals surface area contributed by atoms with Crippen molar-refractivity contribution in [3.05, 3.63) is 61.2 Å². The maximum Gasteiger partial charge on any atom is 0.408 e. The molecule has 5 heteroatoms. The van der Waals surface area contributed by atoms with Gasteiger partial charge in [-0.05, 0) is 24.8 Å². The van der Waals surface area contributed by atoms with E-state index < -0.39 is 18.1 Å². The van der Waals surface area contributed by atoms with Crippen molar-refractivity contribution in [2.45, 2.75) is 63.8 Å². The van der Waals surface area contributed by atoms with Gasteiger partial charge in [-0.15, -0.1) is 6.58 Å². The Labute approximate surface area is 175 Å². The summed E-state index contributed by atoms with van der Waals surface area (Å²) in [7, 11) is 0. The molecule has 0 spiro atoms. The third kappa shape index (κ3) is 12.5. The van der Waals surface area contributed by atoms with E-state index in [4.69, 9.17) is 9.47 Å². The van der Waals surface area contributed by atoms with Gasteiger partial charge < -0.3 is 14.8 Å². The number of rotatable bonds is 16. The molecule has 0 aliphatic carbocycles. The van der Waals surface area contributed by atoms with Crippen LogP contribution in [0.4, 0.5) is 4.79 Å². The molecule has 1 rings (SSSR count). The molecule has 1 atom stereocenters. The number of hydrogen-bond acceptors (Lipinski definition) is 4. The zero-order valence-corrected chi connectivity index (χ0v) is 17.4. The summed E-state index contributed by atoms with van der Waals surface area (Å²) in [4.78, 5) is 24.3. The van der Waals surface area contributed by atoms with Crippen molar-refractivity contribution < 1.29 is 19.1 Å². The van der Waals surface area contributed by atoms with E-state index in [1.54, 1.807) is 0 Å². The van der Waals surface area contributed by atoms with Crippen LogP contribution in [0.25, 0.3) is 0 Å². The number of nitrogens with one attached hydrogen (secondary N) is 1. The molecule has 0 fully saturated rings. The lowest BCUT2D eigenvalue weighted by atomic mass is 10.1. The molecule has 29 heavy (non-hydrogen) atoms. The van der Waals surface area contributed by atoms with Crippen LogP contribution in [0.3, 0.4) is 0 Å². The molecule has 160 valence electrons. The molecule has 1 N–H and O–H groups in total. The second-order valence-electron chi connectivity index (χ2n) is 6.99. The van der Waals surface area contributed by atoms with Crippen molar-refractivity contribution in [3.8, 4) is 0 Å². The molecule has 0 bridgehead atoms. The smallest absolute Gasteiger partial charge is 0.408 e. The van der Waals surface area contributed by atoms with Crippen LogP contribution in [0, 0.1) is 0 Å². The van der Waals surface area contributed by atoms with Gasteiger partial charge in [0.25, 0.3) is 0 Å². The SMILES string of the molecule is C=CCCCCCCCCCOC(=O)C(Cc1ccccc1)NC(=O)OCC=C. The minimum Gasteiger partial charge on any atom is -0.464 e. The number of benzene rings is 1. The van der Waals surface area contributed by atoms with Crippen molar-refractivity contribution in [1.82, 2.24) is 5.32 Å². The van der Waals surface area contributed by atoms with E-state index in [1.165, 1.54) is 31.8 Å². The second-order valence-corrected chi connectivity index (χ2v) is 6.99. The van der Waals surface area contributed by atoms with Crippen LogP contribution in [0.1, 0.15) is 56.9 Å². The lowest BCUT2D eigenvalue weighted by Gasteiger charge is -2.17. The zero-order valence-electron chi connectivity index (χ0n) is 17.4. The summed E-state index contributed by atoms with van der Waals surface area (Å²) in [6.45, 7) is 7.69. The number of carbonyl (C=O) groups is 2. The highest BCUT2D eigenvalue weighted by Gasteiger charge is 2.23. The van der Waals surface area contributed by atoms with Gasteiger partial charge in [0.1, 0.15) is 12.6 Å². The molecular weight excluding hydrogens is 366 g/mol. The van der Waals surface area contributed by atoms with E-state index >= 15 is 0 Å². The van der Waals surface area contributed by atoms with Crippen LogP contribution in [-0.4, -0.2) is 31.3 Å². The Hall–Kier alpha value is -2.56. The van der Waals surface area contributed by atoms with Gasteiger partial charge >= 0.3 is 12.1 Å². The topological polar surface area (TPSA) is 64.6 Å². The Morgan fingerprint density at radius 3 is 2.21 bits per heavy atom. The average molecular weight is 402 g/mol.